The number of esters is 3. The fraction of sp³-hybridized carbons (Fsp3) is 0.237. The van der Waals surface area contributed by atoms with Crippen LogP contribution in [0.2, 0.25) is 0 Å². The van der Waals surface area contributed by atoms with Crippen molar-refractivity contribution in [1.82, 2.24) is 0 Å². The topological polar surface area (TPSA) is 159 Å². The standard InChI is InChI=1S/C38H36O13/c1-8-31(48-35(40)21(3)4)46-26-16-12-24(13-17-26)37(42)50-51-38(43)27-18-19-28(47-32(9-2)49-36(41)22(5)6)34-29(20-30(39)44-7)45-25-14-10-23(11-15-25)33(27)34/h10-20,31-32H,3,5,8-9H2,1-2,4,6-7H3/b29-20+. The number of hydrogen-bond acceptors (Lipinski definition) is 13. The van der Waals surface area contributed by atoms with Crippen LogP contribution in [0.4, 0.5) is 0 Å². The Labute approximate surface area is 293 Å². The summed E-state index contributed by atoms with van der Waals surface area (Å²) in [6.07, 6.45) is -0.315. The summed E-state index contributed by atoms with van der Waals surface area (Å²) in [5.74, 6) is -3.43. The first-order valence-electron chi connectivity index (χ1n) is 15.7. The average molecular weight is 701 g/mol. The first-order valence-corrected chi connectivity index (χ1v) is 15.7. The fourth-order valence-electron chi connectivity index (χ4n) is 4.48. The third-order valence-corrected chi connectivity index (χ3v) is 7.10. The Hall–Kier alpha value is -6.37. The lowest BCUT2D eigenvalue weighted by atomic mass is 9.91. The Morgan fingerprint density at radius 1 is 0.725 bits per heavy atom. The van der Waals surface area contributed by atoms with Gasteiger partial charge in [0.2, 0.25) is 12.6 Å². The summed E-state index contributed by atoms with van der Waals surface area (Å²) in [5.41, 5.74) is 1.10. The summed E-state index contributed by atoms with van der Waals surface area (Å²) in [5, 5.41) is 0. The van der Waals surface area contributed by atoms with Gasteiger partial charge in [-0.25, -0.2) is 33.7 Å². The van der Waals surface area contributed by atoms with Crippen molar-refractivity contribution in [2.75, 3.05) is 7.11 Å². The van der Waals surface area contributed by atoms with E-state index >= 15 is 0 Å². The maximum Gasteiger partial charge on any atom is 0.386 e. The maximum absolute atomic E-state index is 13.6. The van der Waals surface area contributed by atoms with Gasteiger partial charge < -0.3 is 28.4 Å². The molecular weight excluding hydrogens is 664 g/mol. The zero-order valence-corrected chi connectivity index (χ0v) is 28.6. The molecule has 0 aromatic heterocycles. The van der Waals surface area contributed by atoms with Gasteiger partial charge in [-0.2, -0.15) is 0 Å². The molecule has 0 N–H and O–H groups in total. The van der Waals surface area contributed by atoms with E-state index in [2.05, 4.69) is 13.2 Å². The first-order chi connectivity index (χ1) is 24.3. The van der Waals surface area contributed by atoms with E-state index in [9.17, 15) is 24.0 Å². The second-order valence-corrected chi connectivity index (χ2v) is 11.1. The van der Waals surface area contributed by atoms with E-state index < -0.39 is 42.4 Å². The summed E-state index contributed by atoms with van der Waals surface area (Å²) in [6.45, 7) is 13.6. The molecule has 266 valence electrons. The lowest BCUT2D eigenvalue weighted by Crippen LogP contribution is -2.25. The van der Waals surface area contributed by atoms with Crippen LogP contribution in [-0.4, -0.2) is 49.5 Å². The van der Waals surface area contributed by atoms with Crippen LogP contribution in [0.15, 0.2) is 91.0 Å². The Kier molecular flexibility index (Phi) is 12.4. The van der Waals surface area contributed by atoms with Crippen LogP contribution in [0.25, 0.3) is 16.9 Å². The number of rotatable bonds is 13. The minimum absolute atomic E-state index is 0.0170. The molecule has 0 radical (unpaired) electrons. The predicted octanol–water partition coefficient (Wildman–Crippen LogP) is 6.66. The Morgan fingerprint density at radius 2 is 1.29 bits per heavy atom. The molecule has 2 unspecified atom stereocenters. The number of hydrogen-bond donors (Lipinski definition) is 0. The lowest BCUT2D eigenvalue weighted by Gasteiger charge is -2.25. The SMILES string of the molecule is C=C(C)C(=O)OC(CC)Oc1ccc(C(=O)OOC(=O)c2ccc(OC(CC)OC(=O)C(=C)C)c3c2-c2ccc(cc2)O/C3=C/C(=O)OC)cc1. The van der Waals surface area contributed by atoms with Crippen LogP contribution in [0.1, 0.15) is 66.8 Å². The fourth-order valence-corrected chi connectivity index (χ4v) is 4.48. The molecule has 51 heavy (non-hydrogen) atoms. The molecule has 0 aliphatic carbocycles. The monoisotopic (exact) mass is 700 g/mol. The van der Waals surface area contributed by atoms with Crippen LogP contribution >= 0.6 is 0 Å². The van der Waals surface area contributed by atoms with Gasteiger partial charge in [-0.1, -0.05) is 39.1 Å². The highest BCUT2D eigenvalue weighted by Crippen LogP contribution is 2.43. The first kappa shape index (κ1) is 37.4. The molecule has 13 heteroatoms. The highest BCUT2D eigenvalue weighted by molar-refractivity contribution is 6.04. The zero-order chi connectivity index (χ0) is 37.2. The molecule has 2 aliphatic rings. The summed E-state index contributed by atoms with van der Waals surface area (Å²) < 4.78 is 33.3. The zero-order valence-electron chi connectivity index (χ0n) is 28.6. The molecule has 0 saturated heterocycles. The van der Waals surface area contributed by atoms with Crippen molar-refractivity contribution in [3.8, 4) is 28.4 Å². The molecule has 3 aromatic rings. The van der Waals surface area contributed by atoms with Crippen LogP contribution in [0.3, 0.4) is 0 Å². The second-order valence-electron chi connectivity index (χ2n) is 11.1. The van der Waals surface area contributed by atoms with Crippen molar-refractivity contribution in [3.05, 3.63) is 108 Å². The second kappa shape index (κ2) is 16.8. The van der Waals surface area contributed by atoms with Crippen molar-refractivity contribution in [2.45, 2.75) is 53.1 Å². The quantitative estimate of drug-likeness (QED) is 0.0466. The van der Waals surface area contributed by atoms with Gasteiger partial charge in [0.05, 0.1) is 29.9 Å². The van der Waals surface area contributed by atoms with Crippen molar-refractivity contribution in [2.24, 2.45) is 0 Å². The van der Waals surface area contributed by atoms with E-state index in [-0.39, 0.29) is 51.3 Å². The molecule has 13 nitrogen and oxygen atoms in total. The van der Waals surface area contributed by atoms with Crippen molar-refractivity contribution >= 4 is 35.6 Å². The van der Waals surface area contributed by atoms with Gasteiger partial charge in [-0.05, 0) is 67.9 Å². The summed E-state index contributed by atoms with van der Waals surface area (Å²) in [6, 6.07) is 15.0. The molecule has 0 amide bonds. The van der Waals surface area contributed by atoms with Crippen LogP contribution in [-0.2, 0) is 38.4 Å². The molecule has 3 aromatic carbocycles. The van der Waals surface area contributed by atoms with E-state index in [0.29, 0.717) is 23.5 Å². The van der Waals surface area contributed by atoms with E-state index in [4.69, 9.17) is 38.2 Å². The summed E-state index contributed by atoms with van der Waals surface area (Å²) in [7, 11) is 1.19. The molecule has 2 bridgehead atoms. The highest BCUT2D eigenvalue weighted by atomic mass is 17.2. The molecule has 5 rings (SSSR count). The van der Waals surface area contributed by atoms with Gasteiger partial charge in [-0.3, -0.25) is 0 Å². The minimum atomic E-state index is -1.08. The van der Waals surface area contributed by atoms with E-state index in [1.165, 1.54) is 57.4 Å². The number of fused-ring (bicyclic) bond motifs is 3. The lowest BCUT2D eigenvalue weighted by molar-refractivity contribution is -0.187. The van der Waals surface area contributed by atoms with Crippen LogP contribution < -0.4 is 14.2 Å². The Balaban J connectivity index is 1.63. The summed E-state index contributed by atoms with van der Waals surface area (Å²) >= 11 is 0. The normalized spacial score (nSPS) is 13.2. The molecular formula is C38H36O13. The van der Waals surface area contributed by atoms with E-state index in [1.54, 1.807) is 38.1 Å². The van der Waals surface area contributed by atoms with Gasteiger partial charge in [0, 0.05) is 29.6 Å². The van der Waals surface area contributed by atoms with Crippen LogP contribution in [0.5, 0.6) is 17.2 Å². The Morgan fingerprint density at radius 3 is 1.84 bits per heavy atom. The molecule has 0 fully saturated rings. The van der Waals surface area contributed by atoms with Crippen molar-refractivity contribution in [3.63, 3.8) is 0 Å². The number of methoxy groups -OCH3 is 1. The van der Waals surface area contributed by atoms with Gasteiger partial charge in [0.1, 0.15) is 23.0 Å². The number of carbonyl (C=O) groups excluding carboxylic acids is 5. The van der Waals surface area contributed by atoms with Gasteiger partial charge in [0.15, 0.2) is 0 Å². The number of ether oxygens (including phenoxy) is 6. The average Bonchev–Trinajstić information content (AvgIpc) is 3.11. The van der Waals surface area contributed by atoms with Gasteiger partial charge in [-0.15, -0.1) is 0 Å². The van der Waals surface area contributed by atoms with Gasteiger partial charge in [0.25, 0.3) is 0 Å². The number of benzene rings is 3. The van der Waals surface area contributed by atoms with E-state index in [1.807, 2.05) is 0 Å². The van der Waals surface area contributed by atoms with Crippen LogP contribution in [0, 0.1) is 0 Å². The van der Waals surface area contributed by atoms with Crippen molar-refractivity contribution in [1.29, 1.82) is 0 Å². The molecule has 0 spiro atoms. The third-order valence-electron chi connectivity index (χ3n) is 7.10. The smallest absolute Gasteiger partial charge is 0.386 e. The molecule has 0 saturated carbocycles. The number of carbonyl (C=O) groups is 5. The largest absolute Gasteiger partial charge is 0.466 e. The third kappa shape index (κ3) is 9.41. The van der Waals surface area contributed by atoms with Gasteiger partial charge >= 0.3 is 29.8 Å². The maximum atomic E-state index is 13.6. The molecule has 2 atom stereocenters. The minimum Gasteiger partial charge on any atom is -0.466 e. The van der Waals surface area contributed by atoms with E-state index in [0.717, 1.165) is 6.08 Å². The predicted molar refractivity (Wildman–Crippen MR) is 181 cm³/mol. The Bertz CT molecular complexity index is 1870. The summed E-state index contributed by atoms with van der Waals surface area (Å²) in [4.78, 5) is 72.9. The molecule has 2 aliphatic heterocycles. The molecule has 2 heterocycles. The van der Waals surface area contributed by atoms with Crippen molar-refractivity contribution < 1.29 is 62.2 Å². The highest BCUT2D eigenvalue weighted by Gasteiger charge is 2.30.